The average molecular weight is 295 g/mol. The van der Waals surface area contributed by atoms with Crippen molar-refractivity contribution in [1.82, 2.24) is 0 Å². The summed E-state index contributed by atoms with van der Waals surface area (Å²) in [7, 11) is 0. The van der Waals surface area contributed by atoms with Gasteiger partial charge in [0, 0.05) is 19.0 Å². The van der Waals surface area contributed by atoms with Gasteiger partial charge in [-0.2, -0.15) is 0 Å². The summed E-state index contributed by atoms with van der Waals surface area (Å²) in [6.07, 6.45) is 3.73. The number of carbonyl (C=O) groups is 1. The maximum absolute atomic E-state index is 12.3. The van der Waals surface area contributed by atoms with E-state index in [0.717, 1.165) is 24.5 Å². The first kappa shape index (κ1) is 15.2. The van der Waals surface area contributed by atoms with Crippen molar-refractivity contribution >= 4 is 28.9 Å². The van der Waals surface area contributed by atoms with Crippen LogP contribution in [0.2, 0.25) is 0 Å². The van der Waals surface area contributed by atoms with E-state index >= 15 is 0 Å². The number of hydrogen-bond acceptors (Lipinski definition) is 2. The first-order valence-corrected chi connectivity index (χ1v) is 7.79. The van der Waals surface area contributed by atoms with Gasteiger partial charge in [-0.3, -0.25) is 4.79 Å². The summed E-state index contributed by atoms with van der Waals surface area (Å²) in [5.41, 5.74) is 1.44. The molecule has 1 heterocycles. The molecule has 4 heteroatoms. The van der Waals surface area contributed by atoms with Gasteiger partial charge in [0.15, 0.2) is 0 Å². The molecule has 0 radical (unpaired) electrons. The maximum Gasteiger partial charge on any atom is 0.231 e. The molecule has 3 nitrogen and oxygen atoms in total. The first-order chi connectivity index (χ1) is 9.54. The fourth-order valence-corrected chi connectivity index (χ4v) is 2.46. The highest BCUT2D eigenvalue weighted by atomic mass is 35.5. The van der Waals surface area contributed by atoms with Crippen molar-refractivity contribution in [2.45, 2.75) is 33.1 Å². The third-order valence-electron chi connectivity index (χ3n) is 3.80. The van der Waals surface area contributed by atoms with Crippen molar-refractivity contribution in [2.24, 2.45) is 5.41 Å². The summed E-state index contributed by atoms with van der Waals surface area (Å²) in [5.74, 6) is 0.280. The van der Waals surface area contributed by atoms with E-state index in [9.17, 15) is 4.79 Å². The van der Waals surface area contributed by atoms with Crippen LogP contribution in [0.3, 0.4) is 0 Å². The lowest BCUT2D eigenvalue weighted by molar-refractivity contribution is -0.122. The second-order valence-electron chi connectivity index (χ2n) is 6.04. The molecule has 1 aromatic rings. The number of amides is 1. The number of benzene rings is 1. The van der Waals surface area contributed by atoms with Crippen LogP contribution < -0.4 is 10.2 Å². The Labute approximate surface area is 126 Å². The van der Waals surface area contributed by atoms with E-state index in [4.69, 9.17) is 11.6 Å². The van der Waals surface area contributed by atoms with Gasteiger partial charge in [-0.15, -0.1) is 11.6 Å². The zero-order valence-corrected chi connectivity index (χ0v) is 13.0. The molecule has 0 aromatic heterocycles. The number of nitrogens with zero attached hydrogens (tertiary/aromatic N) is 1. The fourth-order valence-electron chi connectivity index (χ4n) is 2.34. The van der Waals surface area contributed by atoms with Crippen molar-refractivity contribution in [3.8, 4) is 0 Å². The van der Waals surface area contributed by atoms with E-state index in [2.05, 4.69) is 16.3 Å². The Morgan fingerprint density at radius 2 is 1.90 bits per heavy atom. The van der Waals surface area contributed by atoms with Crippen LogP contribution in [0.5, 0.6) is 0 Å². The molecular weight excluding hydrogens is 272 g/mol. The van der Waals surface area contributed by atoms with Crippen LogP contribution in [0.15, 0.2) is 24.3 Å². The van der Waals surface area contributed by atoms with E-state index in [-0.39, 0.29) is 5.91 Å². The average Bonchev–Trinajstić information content (AvgIpc) is 2.48. The lowest BCUT2D eigenvalue weighted by Crippen LogP contribution is -2.34. The molecule has 1 amide bonds. The van der Waals surface area contributed by atoms with E-state index in [1.54, 1.807) is 0 Å². The SMILES string of the molecule is CC(C)(CCl)C(=O)Nc1ccccc1N1CCCCC1. The highest BCUT2D eigenvalue weighted by molar-refractivity contribution is 6.20. The number of piperidine rings is 1. The summed E-state index contributed by atoms with van der Waals surface area (Å²) in [6, 6.07) is 8.02. The molecule has 1 aliphatic heterocycles. The Morgan fingerprint density at radius 3 is 2.55 bits per heavy atom. The summed E-state index contributed by atoms with van der Waals surface area (Å²) in [4.78, 5) is 14.6. The number of carbonyl (C=O) groups excluding carboxylic acids is 1. The molecule has 0 aliphatic carbocycles. The maximum atomic E-state index is 12.3. The van der Waals surface area contributed by atoms with Crippen LogP contribution in [-0.4, -0.2) is 24.9 Å². The zero-order chi connectivity index (χ0) is 14.6. The largest absolute Gasteiger partial charge is 0.370 e. The van der Waals surface area contributed by atoms with Crippen LogP contribution in [0.1, 0.15) is 33.1 Å². The summed E-state index contributed by atoms with van der Waals surface area (Å²) in [5, 5.41) is 3.03. The van der Waals surface area contributed by atoms with Gasteiger partial charge in [-0.05, 0) is 45.2 Å². The van der Waals surface area contributed by atoms with Gasteiger partial charge in [0.1, 0.15) is 0 Å². The quantitative estimate of drug-likeness (QED) is 0.855. The third-order valence-corrected chi connectivity index (χ3v) is 4.47. The number of para-hydroxylation sites is 2. The smallest absolute Gasteiger partial charge is 0.231 e. The third kappa shape index (κ3) is 3.45. The molecule has 0 bridgehead atoms. The summed E-state index contributed by atoms with van der Waals surface area (Å²) >= 11 is 5.87. The molecule has 1 fully saturated rings. The number of hydrogen-bond donors (Lipinski definition) is 1. The van der Waals surface area contributed by atoms with Crippen LogP contribution >= 0.6 is 11.6 Å². The Kier molecular flexibility index (Phi) is 4.92. The zero-order valence-electron chi connectivity index (χ0n) is 12.3. The number of nitrogens with one attached hydrogen (secondary N) is 1. The van der Waals surface area contributed by atoms with Crippen molar-refractivity contribution in [1.29, 1.82) is 0 Å². The minimum atomic E-state index is -0.559. The topological polar surface area (TPSA) is 32.3 Å². The summed E-state index contributed by atoms with van der Waals surface area (Å²) in [6.45, 7) is 5.84. The van der Waals surface area contributed by atoms with Gasteiger partial charge >= 0.3 is 0 Å². The molecule has 1 saturated heterocycles. The predicted octanol–water partition coefficient (Wildman–Crippen LogP) is 3.88. The van der Waals surface area contributed by atoms with Gasteiger partial charge in [0.2, 0.25) is 5.91 Å². The minimum absolute atomic E-state index is 0.0306. The van der Waals surface area contributed by atoms with E-state index < -0.39 is 5.41 Å². The van der Waals surface area contributed by atoms with Crippen LogP contribution in [0.25, 0.3) is 0 Å². The molecule has 110 valence electrons. The minimum Gasteiger partial charge on any atom is -0.370 e. The summed E-state index contributed by atoms with van der Waals surface area (Å²) < 4.78 is 0. The number of alkyl halides is 1. The lowest BCUT2D eigenvalue weighted by atomic mass is 9.95. The van der Waals surface area contributed by atoms with E-state index in [1.807, 2.05) is 32.0 Å². The van der Waals surface area contributed by atoms with Gasteiger partial charge in [-0.25, -0.2) is 0 Å². The van der Waals surface area contributed by atoms with Crippen LogP contribution in [-0.2, 0) is 4.79 Å². The molecule has 0 unspecified atom stereocenters. The normalized spacial score (nSPS) is 16.1. The Bertz CT molecular complexity index is 467. The highest BCUT2D eigenvalue weighted by Crippen LogP contribution is 2.30. The molecule has 0 spiro atoms. The van der Waals surface area contributed by atoms with Crippen molar-refractivity contribution in [3.63, 3.8) is 0 Å². The van der Waals surface area contributed by atoms with Gasteiger partial charge in [-0.1, -0.05) is 12.1 Å². The lowest BCUT2D eigenvalue weighted by Gasteiger charge is -2.31. The molecular formula is C16H23ClN2O. The first-order valence-electron chi connectivity index (χ1n) is 7.26. The van der Waals surface area contributed by atoms with Crippen LogP contribution in [0.4, 0.5) is 11.4 Å². The number of anilines is 2. The van der Waals surface area contributed by atoms with Gasteiger partial charge in [0.25, 0.3) is 0 Å². The molecule has 0 saturated carbocycles. The molecule has 1 aromatic carbocycles. The van der Waals surface area contributed by atoms with Crippen molar-refractivity contribution in [3.05, 3.63) is 24.3 Å². The van der Waals surface area contributed by atoms with Gasteiger partial charge < -0.3 is 10.2 Å². The van der Waals surface area contributed by atoms with E-state index in [0.29, 0.717) is 5.88 Å². The predicted molar refractivity (Wildman–Crippen MR) is 85.6 cm³/mol. The highest BCUT2D eigenvalue weighted by Gasteiger charge is 2.27. The van der Waals surface area contributed by atoms with Crippen molar-refractivity contribution in [2.75, 3.05) is 29.2 Å². The Hall–Kier alpha value is -1.22. The second kappa shape index (κ2) is 6.49. The molecule has 1 N–H and O–H groups in total. The van der Waals surface area contributed by atoms with Crippen molar-refractivity contribution < 1.29 is 4.79 Å². The van der Waals surface area contributed by atoms with Gasteiger partial charge in [0.05, 0.1) is 16.8 Å². The second-order valence-corrected chi connectivity index (χ2v) is 6.30. The fraction of sp³-hybridized carbons (Fsp3) is 0.562. The Balaban J connectivity index is 2.17. The molecule has 20 heavy (non-hydrogen) atoms. The number of rotatable bonds is 4. The monoisotopic (exact) mass is 294 g/mol. The standard InChI is InChI=1S/C16H23ClN2O/c1-16(2,12-17)15(20)18-13-8-4-5-9-14(13)19-10-6-3-7-11-19/h4-5,8-9H,3,6-7,10-12H2,1-2H3,(H,18,20). The molecule has 2 rings (SSSR count). The molecule has 0 atom stereocenters. The van der Waals surface area contributed by atoms with E-state index in [1.165, 1.54) is 19.3 Å². The molecule has 1 aliphatic rings. The van der Waals surface area contributed by atoms with Crippen LogP contribution in [0, 0.1) is 5.41 Å². The Morgan fingerprint density at radius 1 is 1.25 bits per heavy atom. The number of halogens is 1.